The molecule has 1 aliphatic rings. The first kappa shape index (κ1) is 12.0. The molecule has 86 valence electrons. The van der Waals surface area contributed by atoms with E-state index in [4.69, 9.17) is 5.73 Å². The van der Waals surface area contributed by atoms with Gasteiger partial charge in [-0.15, -0.1) is 0 Å². The molecule has 1 aliphatic heterocycles. The Morgan fingerprint density at radius 1 is 1.20 bits per heavy atom. The number of likely N-dealkylation sites (tertiary alicyclic amines) is 1. The van der Waals surface area contributed by atoms with E-state index < -0.39 is 11.3 Å². The Hall–Kier alpha value is -1.06. The summed E-state index contributed by atoms with van der Waals surface area (Å²) >= 11 is 0. The molecule has 2 N–H and O–H groups in total. The van der Waals surface area contributed by atoms with Crippen LogP contribution in [-0.2, 0) is 9.59 Å². The average molecular weight is 212 g/mol. The van der Waals surface area contributed by atoms with Crippen LogP contribution in [0.25, 0.3) is 0 Å². The number of amides is 2. The van der Waals surface area contributed by atoms with Crippen molar-refractivity contribution in [1.29, 1.82) is 0 Å². The molecule has 0 unspecified atom stereocenters. The number of hydrogen-bond donors (Lipinski definition) is 1. The number of hydrogen-bond acceptors (Lipinski definition) is 2. The molecule has 0 aromatic carbocycles. The fourth-order valence-corrected chi connectivity index (χ4v) is 1.72. The third-order valence-electron chi connectivity index (χ3n) is 2.97. The molecule has 4 heteroatoms. The van der Waals surface area contributed by atoms with E-state index in [1.807, 2.05) is 4.90 Å². The van der Waals surface area contributed by atoms with E-state index in [1.165, 1.54) is 6.42 Å². The Kier molecular flexibility index (Phi) is 3.72. The summed E-state index contributed by atoms with van der Waals surface area (Å²) in [6.07, 6.45) is 3.57. The van der Waals surface area contributed by atoms with Gasteiger partial charge in [-0.2, -0.15) is 0 Å². The summed E-state index contributed by atoms with van der Waals surface area (Å²) in [7, 11) is 0. The quantitative estimate of drug-likeness (QED) is 0.755. The van der Waals surface area contributed by atoms with Crippen molar-refractivity contribution in [2.75, 3.05) is 13.1 Å². The minimum Gasteiger partial charge on any atom is -0.369 e. The molecule has 1 saturated heterocycles. The van der Waals surface area contributed by atoms with Crippen LogP contribution < -0.4 is 5.73 Å². The highest BCUT2D eigenvalue weighted by Crippen LogP contribution is 2.22. The van der Waals surface area contributed by atoms with Crippen molar-refractivity contribution in [3.05, 3.63) is 0 Å². The Morgan fingerprint density at radius 2 is 1.73 bits per heavy atom. The molecule has 0 atom stereocenters. The SMILES string of the molecule is CC(C)(CC(=O)N1CCCCC1)C(N)=O. The fraction of sp³-hybridized carbons (Fsp3) is 0.818. The standard InChI is InChI=1S/C11H20N2O2/c1-11(2,10(12)15)8-9(14)13-6-4-3-5-7-13/h3-8H2,1-2H3,(H2,12,15). The second-order valence-electron chi connectivity index (χ2n) is 4.87. The first-order chi connectivity index (χ1) is 6.93. The van der Waals surface area contributed by atoms with Crippen LogP contribution in [0.1, 0.15) is 39.5 Å². The van der Waals surface area contributed by atoms with Crippen molar-refractivity contribution < 1.29 is 9.59 Å². The molecule has 0 bridgehead atoms. The predicted molar refractivity (Wildman–Crippen MR) is 58.0 cm³/mol. The van der Waals surface area contributed by atoms with E-state index >= 15 is 0 Å². The van der Waals surface area contributed by atoms with Gasteiger partial charge in [-0.1, -0.05) is 13.8 Å². The summed E-state index contributed by atoms with van der Waals surface area (Å²) in [5.41, 5.74) is 4.51. The number of carbonyl (C=O) groups excluding carboxylic acids is 2. The maximum absolute atomic E-state index is 11.8. The summed E-state index contributed by atoms with van der Waals surface area (Å²) in [6.45, 7) is 5.09. The molecule has 0 aromatic heterocycles. The predicted octanol–water partition coefficient (Wildman–Crippen LogP) is 0.901. The zero-order valence-electron chi connectivity index (χ0n) is 9.58. The molecule has 1 heterocycles. The lowest BCUT2D eigenvalue weighted by Crippen LogP contribution is -2.41. The lowest BCUT2D eigenvalue weighted by Gasteiger charge is -2.29. The molecule has 1 rings (SSSR count). The lowest BCUT2D eigenvalue weighted by atomic mass is 9.88. The highest BCUT2D eigenvalue weighted by molar-refractivity contribution is 5.87. The lowest BCUT2D eigenvalue weighted by molar-refractivity contribution is -0.139. The third kappa shape index (κ3) is 3.22. The molecule has 1 fully saturated rings. The van der Waals surface area contributed by atoms with Crippen molar-refractivity contribution in [1.82, 2.24) is 4.90 Å². The maximum atomic E-state index is 11.8. The van der Waals surface area contributed by atoms with Crippen molar-refractivity contribution in [3.63, 3.8) is 0 Å². The van der Waals surface area contributed by atoms with Crippen LogP contribution in [0.2, 0.25) is 0 Å². The topological polar surface area (TPSA) is 63.4 Å². The van der Waals surface area contributed by atoms with Crippen LogP contribution in [0.15, 0.2) is 0 Å². The van der Waals surface area contributed by atoms with Gasteiger partial charge in [-0.25, -0.2) is 0 Å². The van der Waals surface area contributed by atoms with E-state index in [0.717, 1.165) is 25.9 Å². The zero-order chi connectivity index (χ0) is 11.5. The van der Waals surface area contributed by atoms with Gasteiger partial charge in [-0.05, 0) is 19.3 Å². The number of piperidine rings is 1. The molecular weight excluding hydrogens is 192 g/mol. The summed E-state index contributed by atoms with van der Waals surface area (Å²) in [5.74, 6) is -0.355. The van der Waals surface area contributed by atoms with Crippen LogP contribution in [0.4, 0.5) is 0 Å². The summed E-state index contributed by atoms with van der Waals surface area (Å²) in [6, 6.07) is 0. The summed E-state index contributed by atoms with van der Waals surface area (Å²) in [4.78, 5) is 24.8. The van der Waals surface area contributed by atoms with Gasteiger partial charge in [0.1, 0.15) is 0 Å². The van der Waals surface area contributed by atoms with Crippen molar-refractivity contribution >= 4 is 11.8 Å². The van der Waals surface area contributed by atoms with Gasteiger partial charge in [0.05, 0.1) is 5.41 Å². The van der Waals surface area contributed by atoms with Crippen LogP contribution in [0.3, 0.4) is 0 Å². The second-order valence-corrected chi connectivity index (χ2v) is 4.87. The molecule has 2 amide bonds. The van der Waals surface area contributed by atoms with E-state index in [-0.39, 0.29) is 12.3 Å². The number of carbonyl (C=O) groups is 2. The van der Waals surface area contributed by atoms with E-state index in [9.17, 15) is 9.59 Å². The normalized spacial score (nSPS) is 17.6. The van der Waals surface area contributed by atoms with E-state index in [1.54, 1.807) is 13.8 Å². The Labute approximate surface area is 90.8 Å². The van der Waals surface area contributed by atoms with Gasteiger partial charge in [0.25, 0.3) is 0 Å². The number of primary amides is 1. The van der Waals surface area contributed by atoms with Gasteiger partial charge in [0, 0.05) is 19.5 Å². The molecule has 0 saturated carbocycles. The van der Waals surface area contributed by atoms with Gasteiger partial charge in [0.15, 0.2) is 0 Å². The first-order valence-electron chi connectivity index (χ1n) is 5.51. The van der Waals surface area contributed by atoms with Crippen molar-refractivity contribution in [2.24, 2.45) is 11.1 Å². The molecule has 0 radical (unpaired) electrons. The molecule has 0 spiro atoms. The van der Waals surface area contributed by atoms with Gasteiger partial charge in [0.2, 0.25) is 11.8 Å². The van der Waals surface area contributed by atoms with Gasteiger partial charge >= 0.3 is 0 Å². The zero-order valence-corrected chi connectivity index (χ0v) is 9.58. The largest absolute Gasteiger partial charge is 0.369 e. The highest BCUT2D eigenvalue weighted by atomic mass is 16.2. The average Bonchev–Trinajstić information content (AvgIpc) is 2.18. The van der Waals surface area contributed by atoms with Crippen LogP contribution in [0.5, 0.6) is 0 Å². The molecule has 0 aromatic rings. The van der Waals surface area contributed by atoms with Crippen LogP contribution in [0, 0.1) is 5.41 Å². The van der Waals surface area contributed by atoms with Gasteiger partial charge in [-0.3, -0.25) is 9.59 Å². The minimum absolute atomic E-state index is 0.0542. The molecule has 0 aliphatic carbocycles. The van der Waals surface area contributed by atoms with E-state index in [0.29, 0.717) is 0 Å². The highest BCUT2D eigenvalue weighted by Gasteiger charge is 2.30. The summed E-state index contributed by atoms with van der Waals surface area (Å²) in [5, 5.41) is 0. The minimum atomic E-state index is -0.728. The third-order valence-corrected chi connectivity index (χ3v) is 2.97. The van der Waals surface area contributed by atoms with Crippen LogP contribution >= 0.6 is 0 Å². The molecule has 15 heavy (non-hydrogen) atoms. The Bertz CT molecular complexity index is 255. The Balaban J connectivity index is 2.50. The van der Waals surface area contributed by atoms with E-state index in [2.05, 4.69) is 0 Å². The van der Waals surface area contributed by atoms with Gasteiger partial charge < -0.3 is 10.6 Å². The number of nitrogens with two attached hydrogens (primary N) is 1. The number of nitrogens with zero attached hydrogens (tertiary/aromatic N) is 1. The second kappa shape index (κ2) is 4.64. The molecule has 4 nitrogen and oxygen atoms in total. The molecular formula is C11H20N2O2. The van der Waals surface area contributed by atoms with Crippen molar-refractivity contribution in [2.45, 2.75) is 39.5 Å². The fourth-order valence-electron chi connectivity index (χ4n) is 1.72. The van der Waals surface area contributed by atoms with Crippen molar-refractivity contribution in [3.8, 4) is 0 Å². The van der Waals surface area contributed by atoms with Crippen LogP contribution in [-0.4, -0.2) is 29.8 Å². The Morgan fingerprint density at radius 3 is 2.20 bits per heavy atom. The maximum Gasteiger partial charge on any atom is 0.223 e. The summed E-state index contributed by atoms with van der Waals surface area (Å²) < 4.78 is 0. The number of rotatable bonds is 3. The smallest absolute Gasteiger partial charge is 0.223 e. The monoisotopic (exact) mass is 212 g/mol. The first-order valence-corrected chi connectivity index (χ1v) is 5.51.